The van der Waals surface area contributed by atoms with Gasteiger partial charge in [0.25, 0.3) is 0 Å². The van der Waals surface area contributed by atoms with Gasteiger partial charge in [-0.3, -0.25) is 0 Å². The van der Waals surface area contributed by atoms with E-state index in [2.05, 4.69) is 5.32 Å². The molecule has 0 unspecified atom stereocenters. The molecule has 0 spiro atoms. The molecule has 0 bridgehead atoms. The first-order chi connectivity index (χ1) is 7.80. The minimum Gasteiger partial charge on any atom is -0.380 e. The van der Waals surface area contributed by atoms with Crippen LogP contribution in [0.4, 0.5) is 5.69 Å². The number of ether oxygens (including phenoxy) is 1. The van der Waals surface area contributed by atoms with Crippen LogP contribution in [-0.2, 0) is 11.3 Å². The summed E-state index contributed by atoms with van der Waals surface area (Å²) in [6.45, 7) is 0.530. The molecule has 0 radical (unpaired) electrons. The van der Waals surface area contributed by atoms with Crippen molar-refractivity contribution in [3.05, 3.63) is 41.6 Å². The third-order valence-corrected chi connectivity index (χ3v) is 1.86. The summed E-state index contributed by atoms with van der Waals surface area (Å²) in [5, 5.41) is 20.0. The lowest BCUT2D eigenvalue weighted by Crippen LogP contribution is -1.92. The van der Waals surface area contributed by atoms with Gasteiger partial charge in [-0.1, -0.05) is 12.1 Å². The molecule has 1 rings (SSSR count). The Morgan fingerprint density at radius 3 is 2.81 bits per heavy atom. The van der Waals surface area contributed by atoms with E-state index >= 15 is 0 Å². The third kappa shape index (κ3) is 3.45. The predicted molar refractivity (Wildman–Crippen MR) is 60.1 cm³/mol. The van der Waals surface area contributed by atoms with Crippen LogP contribution in [-0.4, -0.2) is 7.11 Å². The summed E-state index contributed by atoms with van der Waals surface area (Å²) in [4.78, 5) is 0. The Hall–Kier alpha value is -2.30. The van der Waals surface area contributed by atoms with E-state index in [0.29, 0.717) is 6.61 Å². The van der Waals surface area contributed by atoms with Gasteiger partial charge in [0.05, 0.1) is 6.61 Å². The second kappa shape index (κ2) is 6.23. The molecule has 0 atom stereocenters. The van der Waals surface area contributed by atoms with Crippen molar-refractivity contribution in [2.24, 2.45) is 0 Å². The molecule has 4 nitrogen and oxygen atoms in total. The van der Waals surface area contributed by atoms with Gasteiger partial charge in [-0.15, -0.1) is 0 Å². The molecule has 0 fully saturated rings. The summed E-state index contributed by atoms with van der Waals surface area (Å²) < 4.78 is 5.00. The Bertz CT molecular complexity index is 450. The van der Waals surface area contributed by atoms with Crippen LogP contribution in [0.2, 0.25) is 0 Å². The van der Waals surface area contributed by atoms with Gasteiger partial charge in [0.1, 0.15) is 17.7 Å². The lowest BCUT2D eigenvalue weighted by molar-refractivity contribution is 0.185. The third-order valence-electron chi connectivity index (χ3n) is 1.86. The number of methoxy groups -OCH3 is 1. The molecule has 0 aliphatic heterocycles. The van der Waals surface area contributed by atoms with Gasteiger partial charge in [0.15, 0.2) is 0 Å². The average Bonchev–Trinajstić information content (AvgIpc) is 2.31. The zero-order valence-electron chi connectivity index (χ0n) is 8.90. The number of anilines is 1. The maximum Gasteiger partial charge on any atom is 0.145 e. The second-order valence-electron chi connectivity index (χ2n) is 3.06. The highest BCUT2D eigenvalue weighted by molar-refractivity contribution is 5.50. The Labute approximate surface area is 94.4 Å². The standard InChI is InChI=1S/C12H11N3O/c1-16-9-10-3-2-4-12(5-10)15-8-11(6-13)7-14/h2-5,8,15H,9H2,1H3. The number of nitriles is 2. The molecular weight excluding hydrogens is 202 g/mol. The van der Waals surface area contributed by atoms with Gasteiger partial charge >= 0.3 is 0 Å². The molecule has 0 saturated heterocycles. The lowest BCUT2D eigenvalue weighted by Gasteiger charge is -2.03. The van der Waals surface area contributed by atoms with E-state index in [9.17, 15) is 0 Å². The zero-order chi connectivity index (χ0) is 11.8. The Kier molecular flexibility index (Phi) is 4.59. The van der Waals surface area contributed by atoms with Crippen LogP contribution in [0, 0.1) is 22.7 Å². The first-order valence-electron chi connectivity index (χ1n) is 4.65. The van der Waals surface area contributed by atoms with Crippen LogP contribution in [0.15, 0.2) is 36.0 Å². The maximum atomic E-state index is 8.54. The summed E-state index contributed by atoms with van der Waals surface area (Å²) in [7, 11) is 1.63. The summed E-state index contributed by atoms with van der Waals surface area (Å²) in [5.41, 5.74) is 1.88. The van der Waals surface area contributed by atoms with E-state index in [0.717, 1.165) is 11.3 Å². The number of nitrogens with one attached hydrogen (secondary N) is 1. The molecule has 0 aliphatic rings. The van der Waals surface area contributed by atoms with Crippen LogP contribution >= 0.6 is 0 Å². The molecule has 1 aromatic rings. The van der Waals surface area contributed by atoms with E-state index in [1.54, 1.807) is 19.2 Å². The van der Waals surface area contributed by atoms with Crippen LogP contribution in [0.1, 0.15) is 5.56 Å². The van der Waals surface area contributed by atoms with E-state index in [-0.39, 0.29) is 5.57 Å². The van der Waals surface area contributed by atoms with Crippen molar-refractivity contribution in [3.8, 4) is 12.1 Å². The number of hydrogen-bond acceptors (Lipinski definition) is 4. The lowest BCUT2D eigenvalue weighted by atomic mass is 10.2. The van der Waals surface area contributed by atoms with Crippen LogP contribution < -0.4 is 5.32 Å². The molecule has 0 amide bonds. The van der Waals surface area contributed by atoms with Crippen molar-refractivity contribution >= 4 is 5.69 Å². The van der Waals surface area contributed by atoms with E-state index in [1.807, 2.05) is 24.3 Å². The van der Waals surface area contributed by atoms with Gasteiger partial charge in [-0.2, -0.15) is 10.5 Å². The molecule has 80 valence electrons. The molecule has 0 aromatic heterocycles. The van der Waals surface area contributed by atoms with Crippen molar-refractivity contribution in [1.29, 1.82) is 10.5 Å². The molecule has 4 heteroatoms. The molecule has 0 aliphatic carbocycles. The van der Waals surface area contributed by atoms with Crippen LogP contribution in [0.25, 0.3) is 0 Å². The number of benzene rings is 1. The molecular formula is C12H11N3O. The summed E-state index contributed by atoms with van der Waals surface area (Å²) >= 11 is 0. The van der Waals surface area contributed by atoms with E-state index in [1.165, 1.54) is 6.20 Å². The molecule has 0 heterocycles. The number of hydrogen-bond donors (Lipinski definition) is 1. The minimum atomic E-state index is 0.0390. The molecule has 1 aromatic carbocycles. The number of allylic oxidation sites excluding steroid dienone is 1. The SMILES string of the molecule is COCc1cccc(NC=C(C#N)C#N)c1. The Morgan fingerprint density at radius 2 is 2.19 bits per heavy atom. The summed E-state index contributed by atoms with van der Waals surface area (Å²) in [5.74, 6) is 0. The van der Waals surface area contributed by atoms with Crippen molar-refractivity contribution < 1.29 is 4.74 Å². The van der Waals surface area contributed by atoms with Gasteiger partial charge in [-0.05, 0) is 17.7 Å². The monoisotopic (exact) mass is 213 g/mol. The molecule has 0 saturated carbocycles. The normalized spacial score (nSPS) is 8.69. The Balaban J connectivity index is 2.76. The Morgan fingerprint density at radius 1 is 1.44 bits per heavy atom. The zero-order valence-corrected chi connectivity index (χ0v) is 8.90. The van der Waals surface area contributed by atoms with Gasteiger partial charge < -0.3 is 10.1 Å². The van der Waals surface area contributed by atoms with Crippen molar-refractivity contribution in [3.63, 3.8) is 0 Å². The van der Waals surface area contributed by atoms with Crippen molar-refractivity contribution in [2.75, 3.05) is 12.4 Å². The highest BCUT2D eigenvalue weighted by atomic mass is 16.5. The number of nitrogens with zero attached hydrogens (tertiary/aromatic N) is 2. The van der Waals surface area contributed by atoms with Gasteiger partial charge in [0, 0.05) is 19.0 Å². The largest absolute Gasteiger partial charge is 0.380 e. The predicted octanol–water partition coefficient (Wildman–Crippen LogP) is 2.18. The topological polar surface area (TPSA) is 68.8 Å². The second-order valence-corrected chi connectivity index (χ2v) is 3.06. The summed E-state index contributed by atoms with van der Waals surface area (Å²) in [6.07, 6.45) is 1.38. The smallest absolute Gasteiger partial charge is 0.145 e. The van der Waals surface area contributed by atoms with Gasteiger partial charge in [-0.25, -0.2) is 0 Å². The fourth-order valence-electron chi connectivity index (χ4n) is 1.16. The van der Waals surface area contributed by atoms with Gasteiger partial charge in [0.2, 0.25) is 0 Å². The highest BCUT2D eigenvalue weighted by Crippen LogP contribution is 2.11. The van der Waals surface area contributed by atoms with Crippen molar-refractivity contribution in [1.82, 2.24) is 0 Å². The first kappa shape index (κ1) is 11.8. The maximum absolute atomic E-state index is 8.54. The van der Waals surface area contributed by atoms with Crippen LogP contribution in [0.3, 0.4) is 0 Å². The first-order valence-corrected chi connectivity index (χ1v) is 4.65. The fourth-order valence-corrected chi connectivity index (χ4v) is 1.16. The van der Waals surface area contributed by atoms with Crippen molar-refractivity contribution in [2.45, 2.75) is 6.61 Å². The van der Waals surface area contributed by atoms with E-state index < -0.39 is 0 Å². The van der Waals surface area contributed by atoms with E-state index in [4.69, 9.17) is 15.3 Å². The average molecular weight is 213 g/mol. The fraction of sp³-hybridized carbons (Fsp3) is 0.167. The summed E-state index contributed by atoms with van der Waals surface area (Å²) in [6, 6.07) is 11.1. The number of rotatable bonds is 4. The quantitative estimate of drug-likeness (QED) is 0.778. The van der Waals surface area contributed by atoms with Crippen LogP contribution in [0.5, 0.6) is 0 Å². The molecule has 1 N–H and O–H groups in total. The minimum absolute atomic E-state index is 0.0390. The highest BCUT2D eigenvalue weighted by Gasteiger charge is 1.95. The molecule has 16 heavy (non-hydrogen) atoms.